The molecule has 30 heavy (non-hydrogen) atoms. The van der Waals surface area contributed by atoms with Crippen molar-refractivity contribution in [3.63, 3.8) is 0 Å². The first-order chi connectivity index (χ1) is 14.6. The summed E-state index contributed by atoms with van der Waals surface area (Å²) in [5.74, 6) is -0.0207. The fourth-order valence-electron chi connectivity index (χ4n) is 4.61. The molecule has 156 valence electrons. The predicted molar refractivity (Wildman–Crippen MR) is 120 cm³/mol. The van der Waals surface area contributed by atoms with Crippen LogP contribution in [-0.4, -0.2) is 22.0 Å². The van der Waals surface area contributed by atoms with Crippen molar-refractivity contribution in [1.82, 2.24) is 14.9 Å². The highest BCUT2D eigenvalue weighted by Crippen LogP contribution is 2.39. The lowest BCUT2D eigenvalue weighted by molar-refractivity contribution is -0.121. The van der Waals surface area contributed by atoms with Gasteiger partial charge in [-0.25, -0.2) is 4.98 Å². The van der Waals surface area contributed by atoms with Gasteiger partial charge in [0.25, 0.3) is 5.56 Å². The second-order valence-electron chi connectivity index (χ2n) is 8.50. The average molecular weight is 404 g/mol. The van der Waals surface area contributed by atoms with Crippen LogP contribution in [0, 0.1) is 6.92 Å². The maximum atomic E-state index is 12.6. The third kappa shape index (κ3) is 4.30. The molecule has 3 aromatic rings. The minimum absolute atomic E-state index is 0.0152. The molecule has 1 amide bonds. The van der Waals surface area contributed by atoms with Crippen LogP contribution >= 0.6 is 0 Å². The minimum atomic E-state index is -0.100. The summed E-state index contributed by atoms with van der Waals surface area (Å²) in [6.45, 7) is 3.11. The molecular formula is C25H29N3O2. The Bertz CT molecular complexity index is 1100. The molecule has 1 heterocycles. The first kappa shape index (κ1) is 20.3. The van der Waals surface area contributed by atoms with Crippen LogP contribution in [0.5, 0.6) is 0 Å². The van der Waals surface area contributed by atoms with Crippen molar-refractivity contribution in [3.8, 4) is 0 Å². The molecule has 0 aliphatic heterocycles. The van der Waals surface area contributed by atoms with Gasteiger partial charge in [-0.05, 0) is 37.5 Å². The van der Waals surface area contributed by atoms with E-state index in [0.717, 1.165) is 12.8 Å². The van der Waals surface area contributed by atoms with Crippen LogP contribution < -0.4 is 10.9 Å². The number of nitrogens with one attached hydrogen (secondary N) is 1. The summed E-state index contributed by atoms with van der Waals surface area (Å²) >= 11 is 0. The van der Waals surface area contributed by atoms with Crippen molar-refractivity contribution < 1.29 is 4.79 Å². The Morgan fingerprint density at radius 1 is 1.10 bits per heavy atom. The van der Waals surface area contributed by atoms with Crippen molar-refractivity contribution >= 4 is 16.8 Å². The summed E-state index contributed by atoms with van der Waals surface area (Å²) in [7, 11) is 0. The molecule has 1 fully saturated rings. The standard InChI is InChI=1S/C25H29N3O2/c1-19-8-7-9-20(16-19)25(13-5-2-6-14-25)17-26-23(29)12-15-28-18-27-22-11-4-3-10-21(22)24(28)30/h3-4,7-11,16,18H,2,5-6,12-15,17H2,1H3,(H,26,29). The summed E-state index contributed by atoms with van der Waals surface area (Å²) in [6, 6.07) is 16.0. The normalized spacial score (nSPS) is 15.8. The fourth-order valence-corrected chi connectivity index (χ4v) is 4.61. The Morgan fingerprint density at radius 2 is 1.90 bits per heavy atom. The highest BCUT2D eigenvalue weighted by Gasteiger charge is 2.34. The maximum absolute atomic E-state index is 12.6. The van der Waals surface area contributed by atoms with E-state index in [4.69, 9.17) is 0 Å². The van der Waals surface area contributed by atoms with Gasteiger partial charge in [0.2, 0.25) is 5.91 Å². The molecule has 5 nitrogen and oxygen atoms in total. The molecule has 5 heteroatoms. The Hall–Kier alpha value is -2.95. The molecule has 0 bridgehead atoms. The fraction of sp³-hybridized carbons (Fsp3) is 0.400. The van der Waals surface area contributed by atoms with E-state index in [2.05, 4.69) is 41.5 Å². The smallest absolute Gasteiger partial charge is 0.261 e. The van der Waals surface area contributed by atoms with Crippen molar-refractivity contribution in [3.05, 3.63) is 76.3 Å². The number of para-hydroxylation sites is 1. The Kier molecular flexibility index (Phi) is 5.98. The van der Waals surface area contributed by atoms with E-state index in [0.29, 0.717) is 24.0 Å². The lowest BCUT2D eigenvalue weighted by Gasteiger charge is -2.38. The van der Waals surface area contributed by atoms with Crippen LogP contribution in [-0.2, 0) is 16.8 Å². The summed E-state index contributed by atoms with van der Waals surface area (Å²) in [5.41, 5.74) is 3.18. The molecule has 1 aromatic heterocycles. The zero-order chi connectivity index (χ0) is 21.0. The van der Waals surface area contributed by atoms with Gasteiger partial charge in [-0.3, -0.25) is 14.2 Å². The largest absolute Gasteiger partial charge is 0.355 e. The quantitative estimate of drug-likeness (QED) is 0.674. The molecule has 4 rings (SSSR count). The number of hydrogen-bond donors (Lipinski definition) is 1. The van der Waals surface area contributed by atoms with Gasteiger partial charge in [0.1, 0.15) is 0 Å². The van der Waals surface area contributed by atoms with Crippen LogP contribution in [0.2, 0.25) is 0 Å². The third-order valence-corrected chi connectivity index (χ3v) is 6.38. The first-order valence-corrected chi connectivity index (χ1v) is 10.9. The SMILES string of the molecule is Cc1cccc(C2(CNC(=O)CCn3cnc4ccccc4c3=O)CCCCC2)c1. The van der Waals surface area contributed by atoms with Crippen LogP contribution in [0.15, 0.2) is 59.7 Å². The third-order valence-electron chi connectivity index (χ3n) is 6.38. The van der Waals surface area contributed by atoms with Gasteiger partial charge in [-0.1, -0.05) is 61.2 Å². The zero-order valence-electron chi connectivity index (χ0n) is 17.6. The highest BCUT2D eigenvalue weighted by atomic mass is 16.1. The van der Waals surface area contributed by atoms with E-state index in [-0.39, 0.29) is 23.3 Å². The maximum Gasteiger partial charge on any atom is 0.261 e. The van der Waals surface area contributed by atoms with Crippen LogP contribution in [0.25, 0.3) is 10.9 Å². The van der Waals surface area contributed by atoms with Gasteiger partial charge in [0.05, 0.1) is 17.2 Å². The van der Waals surface area contributed by atoms with Crippen molar-refractivity contribution in [2.45, 2.75) is 57.4 Å². The number of hydrogen-bond acceptors (Lipinski definition) is 3. The van der Waals surface area contributed by atoms with Gasteiger partial charge >= 0.3 is 0 Å². The van der Waals surface area contributed by atoms with Crippen LogP contribution in [0.4, 0.5) is 0 Å². The molecular weight excluding hydrogens is 374 g/mol. The van der Waals surface area contributed by atoms with Crippen LogP contribution in [0.1, 0.15) is 49.7 Å². The number of carbonyl (C=O) groups is 1. The summed E-state index contributed by atoms with van der Waals surface area (Å²) in [5, 5.41) is 3.75. The monoisotopic (exact) mass is 403 g/mol. The second kappa shape index (κ2) is 8.82. The minimum Gasteiger partial charge on any atom is -0.355 e. The number of aromatic nitrogens is 2. The molecule has 2 aromatic carbocycles. The first-order valence-electron chi connectivity index (χ1n) is 10.9. The molecule has 0 saturated heterocycles. The number of fused-ring (bicyclic) bond motifs is 1. The van der Waals surface area contributed by atoms with Crippen LogP contribution in [0.3, 0.4) is 0 Å². The Balaban J connectivity index is 1.42. The Morgan fingerprint density at radius 3 is 2.70 bits per heavy atom. The van der Waals surface area contributed by atoms with Crippen molar-refractivity contribution in [2.24, 2.45) is 0 Å². The number of carbonyl (C=O) groups excluding carboxylic acids is 1. The molecule has 0 spiro atoms. The van der Waals surface area contributed by atoms with Crippen molar-refractivity contribution in [1.29, 1.82) is 0 Å². The molecule has 1 aliphatic carbocycles. The second-order valence-corrected chi connectivity index (χ2v) is 8.50. The topological polar surface area (TPSA) is 64.0 Å². The highest BCUT2D eigenvalue weighted by molar-refractivity contribution is 5.77. The summed E-state index contributed by atoms with van der Waals surface area (Å²) < 4.78 is 1.53. The van der Waals surface area contributed by atoms with E-state index in [1.165, 1.54) is 41.3 Å². The van der Waals surface area contributed by atoms with Gasteiger partial charge in [-0.15, -0.1) is 0 Å². The van der Waals surface area contributed by atoms with Gasteiger partial charge in [0.15, 0.2) is 0 Å². The lowest BCUT2D eigenvalue weighted by atomic mass is 9.69. The number of rotatable bonds is 6. The van der Waals surface area contributed by atoms with Crippen molar-refractivity contribution in [2.75, 3.05) is 6.54 Å². The molecule has 1 N–H and O–H groups in total. The summed E-state index contributed by atoms with van der Waals surface area (Å²) in [6.07, 6.45) is 7.66. The van der Waals surface area contributed by atoms with Gasteiger partial charge < -0.3 is 5.32 Å². The molecule has 1 aliphatic rings. The van der Waals surface area contributed by atoms with Gasteiger partial charge in [-0.2, -0.15) is 0 Å². The average Bonchev–Trinajstić information content (AvgIpc) is 2.78. The molecule has 0 radical (unpaired) electrons. The van der Waals surface area contributed by atoms with E-state index >= 15 is 0 Å². The number of amides is 1. The predicted octanol–water partition coefficient (Wildman–Crippen LogP) is 4.11. The van der Waals surface area contributed by atoms with E-state index in [1.807, 2.05) is 18.2 Å². The molecule has 0 unspecified atom stereocenters. The Labute approximate surface area is 177 Å². The number of nitrogens with zero attached hydrogens (tertiary/aromatic N) is 2. The zero-order valence-corrected chi connectivity index (χ0v) is 17.6. The lowest BCUT2D eigenvalue weighted by Crippen LogP contribution is -2.42. The molecule has 0 atom stereocenters. The van der Waals surface area contributed by atoms with E-state index < -0.39 is 0 Å². The number of benzene rings is 2. The number of aryl methyl sites for hydroxylation is 2. The van der Waals surface area contributed by atoms with Gasteiger partial charge in [0, 0.05) is 24.9 Å². The van der Waals surface area contributed by atoms with E-state index in [9.17, 15) is 9.59 Å². The molecule has 1 saturated carbocycles. The summed E-state index contributed by atoms with van der Waals surface area (Å²) in [4.78, 5) is 29.6. The van der Waals surface area contributed by atoms with E-state index in [1.54, 1.807) is 6.07 Å².